The molecule has 0 aromatic heterocycles. The van der Waals surface area contributed by atoms with Crippen LogP contribution in [0.15, 0.2) is 11.6 Å². The third-order valence-electron chi connectivity index (χ3n) is 4.82. The fraction of sp³-hybridized carbons (Fsp3) is 0.789. The average molecular weight is 335 g/mol. The molecule has 1 saturated heterocycles. The minimum absolute atomic E-state index is 0.0991. The van der Waals surface area contributed by atoms with Crippen LogP contribution in [0.4, 0.5) is 0 Å². The van der Waals surface area contributed by atoms with E-state index in [0.717, 1.165) is 39.1 Å². The van der Waals surface area contributed by atoms with Gasteiger partial charge in [-0.25, -0.2) is 0 Å². The van der Waals surface area contributed by atoms with Gasteiger partial charge >= 0.3 is 0 Å². The summed E-state index contributed by atoms with van der Waals surface area (Å²) < 4.78 is 0. The summed E-state index contributed by atoms with van der Waals surface area (Å²) in [5.74, 6) is 0.300. The average Bonchev–Trinajstić information content (AvgIpc) is 2.55. The Labute approximate surface area is 146 Å². The molecule has 0 atom stereocenters. The zero-order chi connectivity index (χ0) is 17.6. The first-order valence-corrected chi connectivity index (χ1v) is 9.32. The Bertz CT molecular complexity index is 471. The van der Waals surface area contributed by atoms with Gasteiger partial charge in [0, 0.05) is 38.1 Å². The second kappa shape index (κ2) is 8.65. The summed E-state index contributed by atoms with van der Waals surface area (Å²) >= 11 is 0. The first-order valence-electron chi connectivity index (χ1n) is 9.32. The number of amides is 2. The molecule has 0 unspecified atom stereocenters. The Hall–Kier alpha value is -1.36. The molecule has 0 bridgehead atoms. The minimum Gasteiger partial charge on any atom is -0.355 e. The molecule has 24 heavy (non-hydrogen) atoms. The molecular formula is C19H33N3O2. The molecule has 1 aliphatic heterocycles. The Morgan fingerprint density at radius 1 is 1.12 bits per heavy atom. The SMILES string of the molecule is CC(C)(C)C(=O)N1CCN(CC(=O)NCCC2=CCCCC2)CC1. The topological polar surface area (TPSA) is 52.7 Å². The van der Waals surface area contributed by atoms with Crippen molar-refractivity contribution in [1.82, 2.24) is 15.1 Å². The molecule has 136 valence electrons. The van der Waals surface area contributed by atoms with Crippen LogP contribution in [0.25, 0.3) is 0 Å². The normalized spacial score (nSPS) is 19.8. The van der Waals surface area contributed by atoms with E-state index in [1.807, 2.05) is 25.7 Å². The van der Waals surface area contributed by atoms with E-state index in [4.69, 9.17) is 0 Å². The van der Waals surface area contributed by atoms with Crippen LogP contribution < -0.4 is 5.32 Å². The van der Waals surface area contributed by atoms with Crippen molar-refractivity contribution in [3.05, 3.63) is 11.6 Å². The van der Waals surface area contributed by atoms with Crippen LogP contribution in [-0.2, 0) is 9.59 Å². The van der Waals surface area contributed by atoms with Crippen molar-refractivity contribution in [1.29, 1.82) is 0 Å². The number of carbonyl (C=O) groups is 2. The maximum Gasteiger partial charge on any atom is 0.234 e. The molecule has 2 rings (SSSR count). The van der Waals surface area contributed by atoms with Crippen LogP contribution in [-0.4, -0.2) is 60.9 Å². The first kappa shape index (κ1) is 19.0. The third-order valence-corrected chi connectivity index (χ3v) is 4.82. The van der Waals surface area contributed by atoms with Crippen LogP contribution >= 0.6 is 0 Å². The zero-order valence-electron chi connectivity index (χ0n) is 15.6. The first-order chi connectivity index (χ1) is 11.4. The van der Waals surface area contributed by atoms with Crippen LogP contribution in [0.3, 0.4) is 0 Å². The molecule has 0 aromatic rings. The summed E-state index contributed by atoms with van der Waals surface area (Å²) in [5, 5.41) is 3.03. The zero-order valence-corrected chi connectivity index (χ0v) is 15.6. The highest BCUT2D eigenvalue weighted by Crippen LogP contribution is 2.20. The van der Waals surface area contributed by atoms with Crippen LogP contribution in [0.5, 0.6) is 0 Å². The predicted molar refractivity (Wildman–Crippen MR) is 96.7 cm³/mol. The number of hydrogen-bond donors (Lipinski definition) is 1. The summed E-state index contributed by atoms with van der Waals surface area (Å²) in [4.78, 5) is 28.4. The maximum absolute atomic E-state index is 12.3. The van der Waals surface area contributed by atoms with Crippen LogP contribution in [0.2, 0.25) is 0 Å². The number of nitrogens with zero attached hydrogens (tertiary/aromatic N) is 2. The van der Waals surface area contributed by atoms with E-state index in [1.165, 1.54) is 31.3 Å². The highest BCUT2D eigenvalue weighted by Gasteiger charge is 2.29. The van der Waals surface area contributed by atoms with Gasteiger partial charge < -0.3 is 10.2 Å². The van der Waals surface area contributed by atoms with Crippen LogP contribution in [0.1, 0.15) is 52.9 Å². The van der Waals surface area contributed by atoms with Crippen molar-refractivity contribution in [3.8, 4) is 0 Å². The second-order valence-electron chi connectivity index (χ2n) is 8.03. The van der Waals surface area contributed by atoms with Gasteiger partial charge in [-0.2, -0.15) is 0 Å². The van der Waals surface area contributed by atoms with E-state index < -0.39 is 0 Å². The van der Waals surface area contributed by atoms with E-state index in [-0.39, 0.29) is 17.2 Å². The number of nitrogens with one attached hydrogen (secondary N) is 1. The monoisotopic (exact) mass is 335 g/mol. The fourth-order valence-corrected chi connectivity index (χ4v) is 3.34. The molecule has 5 heteroatoms. The van der Waals surface area contributed by atoms with Gasteiger partial charge in [-0.15, -0.1) is 0 Å². The second-order valence-corrected chi connectivity index (χ2v) is 8.03. The van der Waals surface area contributed by atoms with Gasteiger partial charge in [-0.05, 0) is 32.1 Å². The summed E-state index contributed by atoms with van der Waals surface area (Å²) in [5.41, 5.74) is 1.17. The van der Waals surface area contributed by atoms with Gasteiger partial charge in [0.05, 0.1) is 6.54 Å². The Morgan fingerprint density at radius 3 is 2.42 bits per heavy atom. The third kappa shape index (κ3) is 5.93. The molecule has 1 fully saturated rings. The van der Waals surface area contributed by atoms with E-state index >= 15 is 0 Å². The number of carbonyl (C=O) groups excluding carboxylic acids is 2. The molecule has 1 N–H and O–H groups in total. The summed E-state index contributed by atoms with van der Waals surface area (Å²) in [7, 11) is 0. The molecule has 0 aromatic carbocycles. The lowest BCUT2D eigenvalue weighted by Crippen LogP contribution is -2.53. The molecule has 0 spiro atoms. The van der Waals surface area contributed by atoms with Gasteiger partial charge in [0.1, 0.15) is 0 Å². The standard InChI is InChI=1S/C19H33N3O2/c1-19(2,3)18(24)22-13-11-21(12-14-22)15-17(23)20-10-9-16-7-5-4-6-8-16/h7H,4-6,8-15H2,1-3H3,(H,20,23). The quantitative estimate of drug-likeness (QED) is 0.784. The van der Waals surface area contributed by atoms with E-state index in [0.29, 0.717) is 6.54 Å². The molecule has 1 heterocycles. The largest absolute Gasteiger partial charge is 0.355 e. The Morgan fingerprint density at radius 2 is 1.83 bits per heavy atom. The summed E-state index contributed by atoms with van der Waals surface area (Å²) in [6.07, 6.45) is 8.30. The molecule has 0 radical (unpaired) electrons. The molecule has 2 aliphatic rings. The number of rotatable bonds is 5. The van der Waals surface area contributed by atoms with Crippen molar-refractivity contribution in [2.45, 2.75) is 52.9 Å². The van der Waals surface area contributed by atoms with Crippen molar-refractivity contribution < 1.29 is 9.59 Å². The summed E-state index contributed by atoms with van der Waals surface area (Å²) in [6.45, 7) is 10.0. The Kier molecular flexibility index (Phi) is 6.84. The molecule has 5 nitrogen and oxygen atoms in total. The predicted octanol–water partition coefficient (Wildman–Crippen LogP) is 2.18. The summed E-state index contributed by atoms with van der Waals surface area (Å²) in [6, 6.07) is 0. The number of allylic oxidation sites excluding steroid dienone is 1. The minimum atomic E-state index is -0.326. The Balaban J connectivity index is 1.63. The van der Waals surface area contributed by atoms with Crippen molar-refractivity contribution in [2.24, 2.45) is 5.41 Å². The van der Waals surface area contributed by atoms with Gasteiger partial charge in [0.2, 0.25) is 11.8 Å². The van der Waals surface area contributed by atoms with Crippen molar-refractivity contribution >= 4 is 11.8 Å². The van der Waals surface area contributed by atoms with Gasteiger partial charge in [-0.1, -0.05) is 32.4 Å². The highest BCUT2D eigenvalue weighted by atomic mass is 16.2. The molecule has 0 saturated carbocycles. The molecule has 2 amide bonds. The van der Waals surface area contributed by atoms with E-state index in [2.05, 4.69) is 16.3 Å². The van der Waals surface area contributed by atoms with Crippen LogP contribution in [0, 0.1) is 5.41 Å². The number of piperazine rings is 1. The van der Waals surface area contributed by atoms with Crippen molar-refractivity contribution in [3.63, 3.8) is 0 Å². The molecular weight excluding hydrogens is 302 g/mol. The van der Waals surface area contributed by atoms with E-state index in [9.17, 15) is 9.59 Å². The lowest BCUT2D eigenvalue weighted by molar-refractivity contribution is -0.141. The fourth-order valence-electron chi connectivity index (χ4n) is 3.34. The number of hydrogen-bond acceptors (Lipinski definition) is 3. The lowest BCUT2D eigenvalue weighted by atomic mass is 9.94. The van der Waals surface area contributed by atoms with Gasteiger partial charge in [-0.3, -0.25) is 14.5 Å². The maximum atomic E-state index is 12.3. The highest BCUT2D eigenvalue weighted by molar-refractivity contribution is 5.81. The molecule has 1 aliphatic carbocycles. The van der Waals surface area contributed by atoms with Gasteiger partial charge in [0.15, 0.2) is 0 Å². The van der Waals surface area contributed by atoms with Crippen molar-refractivity contribution in [2.75, 3.05) is 39.3 Å². The smallest absolute Gasteiger partial charge is 0.234 e. The lowest BCUT2D eigenvalue weighted by Gasteiger charge is -2.37. The van der Waals surface area contributed by atoms with Gasteiger partial charge in [0.25, 0.3) is 0 Å². The van der Waals surface area contributed by atoms with E-state index in [1.54, 1.807) is 0 Å².